The number of halogens is 4. The molecule has 2 aromatic carbocycles. The Morgan fingerprint density at radius 3 is 2.69 bits per heavy atom. The van der Waals surface area contributed by atoms with Crippen molar-refractivity contribution in [2.24, 2.45) is 4.36 Å². The summed E-state index contributed by atoms with van der Waals surface area (Å²) in [6.07, 6.45) is 4.56. The van der Waals surface area contributed by atoms with Crippen LogP contribution in [0.1, 0.15) is 5.56 Å². The van der Waals surface area contributed by atoms with E-state index in [0.717, 1.165) is 28.4 Å². The molecule has 5 nitrogen and oxygen atoms in total. The second kappa shape index (κ2) is 9.15. The van der Waals surface area contributed by atoms with Gasteiger partial charge in [-0.2, -0.15) is 9.62 Å². The van der Waals surface area contributed by atoms with Gasteiger partial charge in [0.15, 0.2) is 5.82 Å². The summed E-state index contributed by atoms with van der Waals surface area (Å²) < 4.78 is 45.9. The van der Waals surface area contributed by atoms with Gasteiger partial charge in [0.2, 0.25) is 12.1 Å². The van der Waals surface area contributed by atoms with E-state index >= 15 is 0 Å². The van der Waals surface area contributed by atoms with Crippen molar-refractivity contribution in [1.29, 1.82) is 5.26 Å². The average Bonchev–Trinajstić information content (AvgIpc) is 2.63. The summed E-state index contributed by atoms with van der Waals surface area (Å²) >= 11 is 3.42. The fraction of sp³-hybridized carbons (Fsp3) is 0.105. The van der Waals surface area contributed by atoms with Crippen LogP contribution in [0, 0.1) is 28.9 Å². The summed E-state index contributed by atoms with van der Waals surface area (Å²) in [7, 11) is -0.458. The molecular formula is C19H13BrF3N5S. The van der Waals surface area contributed by atoms with Gasteiger partial charge < -0.3 is 5.32 Å². The Morgan fingerprint density at radius 2 is 1.97 bits per heavy atom. The normalized spacial score (nSPS) is 11.9. The molecule has 0 amide bonds. The molecule has 0 bridgehead atoms. The number of nitriles is 1. The van der Waals surface area contributed by atoms with E-state index in [1.807, 2.05) is 18.4 Å². The van der Waals surface area contributed by atoms with Crippen LogP contribution in [-0.2, 0) is 16.4 Å². The summed E-state index contributed by atoms with van der Waals surface area (Å²) in [4.78, 5) is 7.93. The van der Waals surface area contributed by atoms with Crippen LogP contribution < -0.4 is 5.32 Å². The summed E-state index contributed by atoms with van der Waals surface area (Å²) in [5.74, 6) is -1.90. The van der Waals surface area contributed by atoms with Gasteiger partial charge in [0, 0.05) is 27.5 Å². The summed E-state index contributed by atoms with van der Waals surface area (Å²) in [6, 6.07) is 8.31. The van der Waals surface area contributed by atoms with Crippen LogP contribution in [0.15, 0.2) is 51.4 Å². The zero-order chi connectivity index (χ0) is 21.0. The Kier molecular flexibility index (Phi) is 6.61. The van der Waals surface area contributed by atoms with Gasteiger partial charge in [-0.25, -0.2) is 23.1 Å². The van der Waals surface area contributed by atoms with Gasteiger partial charge in [-0.05, 0) is 42.2 Å². The first-order chi connectivity index (χ1) is 13.9. The monoisotopic (exact) mass is 479 g/mol. The maximum atomic E-state index is 14.2. The highest BCUT2D eigenvalue weighted by Crippen LogP contribution is 2.27. The third-order valence-electron chi connectivity index (χ3n) is 3.72. The van der Waals surface area contributed by atoms with Crippen molar-refractivity contribution in [2.75, 3.05) is 11.6 Å². The van der Waals surface area contributed by atoms with E-state index in [9.17, 15) is 13.2 Å². The molecule has 1 heterocycles. The lowest BCUT2D eigenvalue weighted by Gasteiger charge is -2.10. The molecule has 0 fully saturated rings. The van der Waals surface area contributed by atoms with Crippen molar-refractivity contribution >= 4 is 38.3 Å². The highest BCUT2D eigenvalue weighted by molar-refractivity contribution is 9.10. The third-order valence-corrected chi connectivity index (χ3v) is 5.32. The summed E-state index contributed by atoms with van der Waals surface area (Å²) in [5.41, 5.74) is 1.08. The Labute approximate surface area is 175 Å². The number of aromatic nitrogens is 2. The Hall–Kier alpha value is -2.77. The van der Waals surface area contributed by atoms with Crippen LogP contribution >= 0.6 is 15.9 Å². The second-order valence-corrected chi connectivity index (χ2v) is 8.51. The van der Waals surface area contributed by atoms with Crippen molar-refractivity contribution < 1.29 is 13.2 Å². The molecule has 1 unspecified atom stereocenters. The van der Waals surface area contributed by atoms with Gasteiger partial charge in [0.25, 0.3) is 0 Å². The van der Waals surface area contributed by atoms with E-state index in [2.05, 4.69) is 35.6 Å². The molecule has 0 spiro atoms. The lowest BCUT2D eigenvalue weighted by atomic mass is 10.1. The molecule has 1 atom stereocenters. The number of anilines is 2. The van der Waals surface area contributed by atoms with Crippen LogP contribution in [0.3, 0.4) is 0 Å². The van der Waals surface area contributed by atoms with Gasteiger partial charge >= 0.3 is 0 Å². The molecule has 0 saturated carbocycles. The number of hydrogen-bond donors (Lipinski definition) is 1. The highest BCUT2D eigenvalue weighted by Gasteiger charge is 2.15. The number of nitrogens with zero attached hydrogens (tertiary/aromatic N) is 4. The molecule has 0 saturated heterocycles. The zero-order valence-corrected chi connectivity index (χ0v) is 17.4. The van der Waals surface area contributed by atoms with E-state index in [1.165, 1.54) is 0 Å². The topological polar surface area (TPSA) is 74.0 Å². The molecule has 3 aromatic rings. The van der Waals surface area contributed by atoms with Crippen molar-refractivity contribution in [3.8, 4) is 17.5 Å². The van der Waals surface area contributed by atoms with Crippen LogP contribution in [-0.4, -0.2) is 16.2 Å². The number of benzene rings is 2. The summed E-state index contributed by atoms with van der Waals surface area (Å²) in [5, 5.41) is 11.6. The van der Waals surface area contributed by atoms with Gasteiger partial charge in [-0.3, -0.25) is 0 Å². The van der Waals surface area contributed by atoms with Crippen LogP contribution in [0.25, 0.3) is 11.3 Å². The minimum Gasteiger partial charge on any atom is -0.324 e. The van der Waals surface area contributed by atoms with Gasteiger partial charge in [0.1, 0.15) is 17.3 Å². The smallest absolute Gasteiger partial charge is 0.227 e. The molecule has 0 aliphatic rings. The van der Waals surface area contributed by atoms with Crippen molar-refractivity contribution in [3.63, 3.8) is 0 Å². The molecule has 0 radical (unpaired) electrons. The van der Waals surface area contributed by atoms with Gasteiger partial charge in [-0.15, -0.1) is 0 Å². The van der Waals surface area contributed by atoms with Crippen LogP contribution in [0.2, 0.25) is 0 Å². The van der Waals surface area contributed by atoms with E-state index < -0.39 is 28.1 Å². The van der Waals surface area contributed by atoms with Crippen LogP contribution in [0.5, 0.6) is 0 Å². The summed E-state index contributed by atoms with van der Waals surface area (Å²) in [6.45, 7) is 0. The minimum absolute atomic E-state index is 0.0476. The van der Waals surface area contributed by atoms with E-state index in [0.29, 0.717) is 17.5 Å². The molecule has 29 heavy (non-hydrogen) atoms. The second-order valence-electron chi connectivity index (χ2n) is 5.92. The molecule has 0 aliphatic carbocycles. The highest BCUT2D eigenvalue weighted by atomic mass is 79.9. The minimum atomic E-state index is -0.922. The molecule has 148 valence electrons. The maximum Gasteiger partial charge on any atom is 0.227 e. The molecule has 1 aromatic heterocycles. The zero-order valence-electron chi connectivity index (χ0n) is 15.0. The first-order valence-electron chi connectivity index (χ1n) is 8.12. The SMILES string of the molecule is CS(Cc1cc(Br)cc(Nc2ncc(F)c(-c3ccc(F)cc3F)n2)c1)=NC#N. The molecule has 1 N–H and O–H groups in total. The predicted molar refractivity (Wildman–Crippen MR) is 110 cm³/mol. The van der Waals surface area contributed by atoms with Crippen molar-refractivity contribution in [3.05, 3.63) is 70.1 Å². The molecule has 0 aliphatic heterocycles. The van der Waals surface area contributed by atoms with Gasteiger partial charge in [0.05, 0.1) is 6.20 Å². The van der Waals surface area contributed by atoms with E-state index in [4.69, 9.17) is 5.26 Å². The van der Waals surface area contributed by atoms with E-state index in [-0.39, 0.29) is 17.2 Å². The largest absolute Gasteiger partial charge is 0.324 e. The maximum absolute atomic E-state index is 14.2. The molecule has 3 rings (SSSR count). The third kappa shape index (κ3) is 5.40. The first-order valence-corrected chi connectivity index (χ1v) is 10.7. The predicted octanol–water partition coefficient (Wildman–Crippen LogP) is 5.48. The lowest BCUT2D eigenvalue weighted by molar-refractivity contribution is 0.580. The standard InChI is InChI=1S/C19H13BrF3N5S/c1-29(26-10-24)9-11-4-12(20)6-14(5-11)27-19-25-8-17(23)18(28-19)15-3-2-13(21)7-16(15)22/h2-8H,9H2,1H3,(H,25,27,28). The number of nitrogens with one attached hydrogen (secondary N) is 1. The number of rotatable bonds is 5. The molecular weight excluding hydrogens is 467 g/mol. The quantitative estimate of drug-likeness (QED) is 0.491. The van der Waals surface area contributed by atoms with Crippen LogP contribution in [0.4, 0.5) is 24.8 Å². The fourth-order valence-corrected chi connectivity index (χ4v) is 3.97. The Balaban J connectivity index is 1.92. The fourth-order valence-electron chi connectivity index (χ4n) is 2.58. The Morgan fingerprint density at radius 1 is 1.17 bits per heavy atom. The first kappa shape index (κ1) is 21.0. The molecule has 10 heteroatoms. The average molecular weight is 480 g/mol. The van der Waals surface area contributed by atoms with Crippen molar-refractivity contribution in [2.45, 2.75) is 5.75 Å². The van der Waals surface area contributed by atoms with Gasteiger partial charge in [-0.1, -0.05) is 26.6 Å². The number of hydrogen-bond acceptors (Lipinski definition) is 5. The lowest BCUT2D eigenvalue weighted by Crippen LogP contribution is -2.02. The van der Waals surface area contributed by atoms with E-state index in [1.54, 1.807) is 12.3 Å². The van der Waals surface area contributed by atoms with Crippen molar-refractivity contribution in [1.82, 2.24) is 9.97 Å². The Bertz CT molecular complexity index is 1150.